The molecule has 0 spiro atoms. The highest BCUT2D eigenvalue weighted by molar-refractivity contribution is 6.34. The summed E-state index contributed by atoms with van der Waals surface area (Å²) in [5.41, 5.74) is 2.35. The fraction of sp³-hybridized carbons (Fsp3) is 0.333. The number of likely N-dealkylation sites (N-methyl/N-ethyl adjacent to an activating group) is 1. The van der Waals surface area contributed by atoms with Gasteiger partial charge >= 0.3 is 0 Å². The molecule has 9 nitrogen and oxygen atoms in total. The molecule has 4 aromatic rings. The minimum atomic E-state index is -0.702. The van der Waals surface area contributed by atoms with Gasteiger partial charge < -0.3 is 20.2 Å². The van der Waals surface area contributed by atoms with Crippen molar-refractivity contribution in [2.45, 2.75) is 45.7 Å². The Kier molecular flexibility index (Phi) is 6.50. The van der Waals surface area contributed by atoms with Crippen LogP contribution in [0.5, 0.6) is 5.75 Å². The van der Waals surface area contributed by atoms with E-state index in [0.29, 0.717) is 35.5 Å². The molecule has 0 bridgehead atoms. The number of phenols is 1. The summed E-state index contributed by atoms with van der Waals surface area (Å²) >= 11 is 6.79. The summed E-state index contributed by atoms with van der Waals surface area (Å²) in [6.07, 6.45) is 1.69. The number of aromatic hydroxyl groups is 1. The number of fused-ring (bicyclic) bond motifs is 5. The summed E-state index contributed by atoms with van der Waals surface area (Å²) in [5, 5.41) is 14.6. The molecule has 3 aromatic heterocycles. The SMILES string of the molecule is Cc1ccnc(C(C)C)c1-n1c(=O)c2c(c3cc(Cl)c(-c4c(O)cccc4F)nc31)N1C[C@@H](C)NC[C@@H]1C(=O)N2C. The molecule has 212 valence electrons. The van der Waals surface area contributed by atoms with Crippen LogP contribution >= 0.6 is 11.6 Å². The third-order valence-corrected chi connectivity index (χ3v) is 8.24. The number of carbonyl (C=O) groups is 1. The smallest absolute Gasteiger partial charge is 0.283 e. The number of carbonyl (C=O) groups excluding carboxylic acids is 1. The number of aryl methyl sites for hydroxylation is 1. The van der Waals surface area contributed by atoms with Crippen LogP contribution in [0.4, 0.5) is 15.8 Å². The number of anilines is 2. The molecule has 0 saturated carbocycles. The number of nitrogens with one attached hydrogen (secondary N) is 1. The van der Waals surface area contributed by atoms with Gasteiger partial charge in [-0.25, -0.2) is 9.37 Å². The van der Waals surface area contributed by atoms with Crippen molar-refractivity contribution >= 4 is 39.9 Å². The van der Waals surface area contributed by atoms with Gasteiger partial charge in [0.2, 0.25) is 0 Å². The van der Waals surface area contributed by atoms with Crippen LogP contribution in [0.2, 0.25) is 5.02 Å². The Morgan fingerprint density at radius 2 is 1.93 bits per heavy atom. The van der Waals surface area contributed by atoms with Crippen LogP contribution in [0.15, 0.2) is 41.3 Å². The van der Waals surface area contributed by atoms with Gasteiger partial charge in [0.05, 0.1) is 33.3 Å². The summed E-state index contributed by atoms with van der Waals surface area (Å²) in [4.78, 5) is 41.0. The minimum absolute atomic E-state index is 0.000904. The van der Waals surface area contributed by atoms with Gasteiger partial charge in [-0.3, -0.25) is 19.1 Å². The number of nitrogens with zero attached hydrogens (tertiary/aromatic N) is 5. The number of aromatic nitrogens is 3. The van der Waals surface area contributed by atoms with E-state index in [9.17, 15) is 14.7 Å². The van der Waals surface area contributed by atoms with Gasteiger partial charge in [0, 0.05) is 37.8 Å². The summed E-state index contributed by atoms with van der Waals surface area (Å²) in [6.45, 7) is 8.74. The highest BCUT2D eigenvalue weighted by Crippen LogP contribution is 2.44. The summed E-state index contributed by atoms with van der Waals surface area (Å²) in [6, 6.07) is 6.95. The van der Waals surface area contributed by atoms with Crippen molar-refractivity contribution in [3.05, 3.63) is 69.0 Å². The van der Waals surface area contributed by atoms with Crippen LogP contribution in [0.25, 0.3) is 28.0 Å². The van der Waals surface area contributed by atoms with E-state index in [1.165, 1.54) is 27.7 Å². The van der Waals surface area contributed by atoms with Gasteiger partial charge in [0.15, 0.2) is 5.65 Å². The van der Waals surface area contributed by atoms with E-state index in [4.69, 9.17) is 16.6 Å². The van der Waals surface area contributed by atoms with Gasteiger partial charge in [-0.15, -0.1) is 0 Å². The molecule has 0 unspecified atom stereocenters. The Morgan fingerprint density at radius 3 is 2.63 bits per heavy atom. The number of hydrogen-bond acceptors (Lipinski definition) is 7. The molecule has 6 rings (SSSR count). The second kappa shape index (κ2) is 9.81. The maximum absolute atomic E-state index is 15.1. The zero-order chi connectivity index (χ0) is 29.3. The van der Waals surface area contributed by atoms with Crippen molar-refractivity contribution in [1.29, 1.82) is 0 Å². The lowest BCUT2D eigenvalue weighted by Gasteiger charge is -2.46. The fourth-order valence-electron chi connectivity index (χ4n) is 5.97. The van der Waals surface area contributed by atoms with Crippen molar-refractivity contribution in [2.75, 3.05) is 29.9 Å². The molecule has 2 aliphatic heterocycles. The maximum atomic E-state index is 15.1. The number of phenolic OH excluding ortho intramolecular Hbond substituents is 1. The van der Waals surface area contributed by atoms with E-state index in [2.05, 4.69) is 10.3 Å². The lowest BCUT2D eigenvalue weighted by Crippen LogP contribution is -2.64. The van der Waals surface area contributed by atoms with Crippen LogP contribution in [-0.2, 0) is 4.79 Å². The van der Waals surface area contributed by atoms with Crippen LogP contribution in [0.3, 0.4) is 0 Å². The molecular weight excluding hydrogens is 547 g/mol. The molecule has 1 aromatic carbocycles. The lowest BCUT2D eigenvalue weighted by atomic mass is 9.99. The second-order valence-electron chi connectivity index (χ2n) is 11.1. The van der Waals surface area contributed by atoms with Crippen molar-refractivity contribution in [3.63, 3.8) is 0 Å². The van der Waals surface area contributed by atoms with E-state index in [-0.39, 0.29) is 51.2 Å². The predicted octanol–water partition coefficient (Wildman–Crippen LogP) is 4.52. The average Bonchev–Trinajstić information content (AvgIpc) is 2.92. The van der Waals surface area contributed by atoms with Gasteiger partial charge in [-0.1, -0.05) is 31.5 Å². The van der Waals surface area contributed by atoms with Crippen molar-refractivity contribution in [3.8, 4) is 22.7 Å². The van der Waals surface area contributed by atoms with Gasteiger partial charge in [0.25, 0.3) is 11.5 Å². The Hall–Kier alpha value is -4.02. The fourth-order valence-corrected chi connectivity index (χ4v) is 6.22. The zero-order valence-electron chi connectivity index (χ0n) is 23.4. The Balaban J connectivity index is 1.82. The van der Waals surface area contributed by atoms with Crippen LogP contribution in [0.1, 0.15) is 37.9 Å². The Labute approximate surface area is 241 Å². The molecule has 11 heteroatoms. The number of amides is 1. The van der Waals surface area contributed by atoms with Crippen LogP contribution in [-0.4, -0.2) is 57.8 Å². The normalized spacial score (nSPS) is 18.7. The van der Waals surface area contributed by atoms with E-state index in [1.807, 2.05) is 32.6 Å². The number of rotatable bonds is 3. The average molecular weight is 577 g/mol. The molecule has 2 atom stereocenters. The topological polar surface area (TPSA) is 104 Å². The molecular formula is C30H30ClFN6O3. The van der Waals surface area contributed by atoms with Crippen LogP contribution in [0, 0.1) is 12.7 Å². The third kappa shape index (κ3) is 4.07. The molecule has 2 aliphatic rings. The van der Waals surface area contributed by atoms with Crippen molar-refractivity contribution in [1.82, 2.24) is 19.9 Å². The van der Waals surface area contributed by atoms with Crippen LogP contribution < -0.4 is 20.7 Å². The summed E-state index contributed by atoms with van der Waals surface area (Å²) < 4.78 is 16.5. The number of benzene rings is 1. The molecule has 41 heavy (non-hydrogen) atoms. The number of hydrogen-bond donors (Lipinski definition) is 2. The predicted molar refractivity (Wildman–Crippen MR) is 158 cm³/mol. The first kappa shape index (κ1) is 27.2. The summed E-state index contributed by atoms with van der Waals surface area (Å²) in [5.74, 6) is -1.28. The van der Waals surface area contributed by atoms with Crippen molar-refractivity contribution < 1.29 is 14.3 Å². The zero-order valence-corrected chi connectivity index (χ0v) is 24.1. The molecule has 1 amide bonds. The molecule has 2 N–H and O–H groups in total. The minimum Gasteiger partial charge on any atom is -0.507 e. The number of pyridine rings is 3. The molecule has 1 saturated heterocycles. The maximum Gasteiger partial charge on any atom is 0.283 e. The Morgan fingerprint density at radius 1 is 1.17 bits per heavy atom. The molecule has 1 fully saturated rings. The van der Waals surface area contributed by atoms with Crippen molar-refractivity contribution in [2.24, 2.45) is 0 Å². The van der Waals surface area contributed by atoms with E-state index < -0.39 is 17.4 Å². The highest BCUT2D eigenvalue weighted by atomic mass is 35.5. The highest BCUT2D eigenvalue weighted by Gasteiger charge is 2.43. The lowest BCUT2D eigenvalue weighted by molar-refractivity contribution is -0.120. The quantitative estimate of drug-likeness (QED) is 0.369. The van der Waals surface area contributed by atoms with Gasteiger partial charge in [-0.05, 0) is 49.6 Å². The number of piperazine rings is 1. The standard InChI is InChI=1S/C30H30ClFN6O3/c1-14(2)23-25(15(3)9-10-33-23)38-28-17(11-18(31)24(35-28)22-19(32)7-6-8-21(22)39)26-27(30(38)41)36(5)29(40)20-12-34-16(4)13-37(20)26/h6-11,14,16,20,34,39H,12-13H2,1-5H3/t16-,20-/m1/s1. The van der Waals surface area contributed by atoms with Gasteiger partial charge in [-0.2, -0.15) is 0 Å². The second-order valence-corrected chi connectivity index (χ2v) is 11.5. The first-order chi connectivity index (χ1) is 19.5. The molecule has 0 radical (unpaired) electrons. The van der Waals surface area contributed by atoms with Gasteiger partial charge in [0.1, 0.15) is 23.3 Å². The first-order valence-electron chi connectivity index (χ1n) is 13.5. The Bertz CT molecular complexity index is 1790. The first-order valence-corrected chi connectivity index (χ1v) is 13.9. The monoisotopic (exact) mass is 576 g/mol. The summed E-state index contributed by atoms with van der Waals surface area (Å²) in [7, 11) is 1.61. The van der Waals surface area contributed by atoms with E-state index in [0.717, 1.165) is 5.56 Å². The van der Waals surface area contributed by atoms with E-state index >= 15 is 4.39 Å². The third-order valence-electron chi connectivity index (χ3n) is 7.95. The molecule has 0 aliphatic carbocycles. The molecule has 5 heterocycles. The number of halogens is 2. The van der Waals surface area contributed by atoms with E-state index in [1.54, 1.807) is 25.4 Å². The largest absolute Gasteiger partial charge is 0.507 e.